The molecule has 0 saturated heterocycles. The molecule has 0 heterocycles. The van der Waals surface area contributed by atoms with Gasteiger partial charge in [-0.3, -0.25) is 0 Å². The van der Waals surface area contributed by atoms with Crippen LogP contribution in [0, 0.1) is 11.8 Å². The number of aliphatic hydroxyl groups excluding tert-OH is 1. The van der Waals surface area contributed by atoms with Crippen molar-refractivity contribution in [2.75, 3.05) is 0 Å². The van der Waals surface area contributed by atoms with Crippen LogP contribution in [0.25, 0.3) is 0 Å². The van der Waals surface area contributed by atoms with E-state index in [2.05, 4.69) is 6.58 Å². The van der Waals surface area contributed by atoms with Crippen molar-refractivity contribution in [3.8, 4) is 0 Å². The molecule has 1 N–H and O–H groups in total. The lowest BCUT2D eigenvalue weighted by molar-refractivity contribution is 0.0911. The fourth-order valence-corrected chi connectivity index (χ4v) is 0.975. The molecule has 0 rings (SSSR count). The summed E-state index contributed by atoms with van der Waals surface area (Å²) in [4.78, 5) is 0. The Hall–Kier alpha value is -0.560. The van der Waals surface area contributed by atoms with Crippen molar-refractivity contribution in [3.63, 3.8) is 0 Å². The van der Waals surface area contributed by atoms with Crippen LogP contribution >= 0.6 is 0 Å². The third-order valence-corrected chi connectivity index (χ3v) is 1.77. The summed E-state index contributed by atoms with van der Waals surface area (Å²) in [6.45, 7) is 9.61. The minimum absolute atomic E-state index is 0.216. The molecule has 0 spiro atoms. The van der Waals surface area contributed by atoms with Gasteiger partial charge in [-0.1, -0.05) is 45.6 Å². The summed E-state index contributed by atoms with van der Waals surface area (Å²) in [7, 11) is 0. The predicted octanol–water partition coefficient (Wildman–Crippen LogP) is 2.38. The molecule has 0 aromatic rings. The van der Waals surface area contributed by atoms with Crippen molar-refractivity contribution >= 4 is 0 Å². The number of rotatable bonds is 4. The van der Waals surface area contributed by atoms with Crippen LogP contribution in [0.1, 0.15) is 20.8 Å². The molecule has 0 fully saturated rings. The Morgan fingerprint density at radius 1 is 1.27 bits per heavy atom. The average molecular weight is 154 g/mol. The SMILES string of the molecule is C=C/C=C/[C@@H](C)[C@@H](O)C(C)C. The van der Waals surface area contributed by atoms with E-state index in [1.807, 2.05) is 32.9 Å². The Balaban J connectivity index is 3.91. The Morgan fingerprint density at radius 2 is 1.82 bits per heavy atom. The smallest absolute Gasteiger partial charge is 0.0623 e. The average Bonchev–Trinajstić information content (AvgIpc) is 1.98. The standard InChI is InChI=1S/C10H18O/c1-5-6-7-9(4)10(11)8(2)3/h5-11H,1H2,2-4H3/b7-6+/t9-,10+/m1/s1. The third-order valence-electron chi connectivity index (χ3n) is 1.77. The van der Waals surface area contributed by atoms with Crippen LogP contribution in [-0.4, -0.2) is 11.2 Å². The lowest BCUT2D eigenvalue weighted by atomic mass is 9.95. The second-order valence-electron chi connectivity index (χ2n) is 3.21. The summed E-state index contributed by atoms with van der Waals surface area (Å²) < 4.78 is 0. The molecule has 1 nitrogen and oxygen atoms in total. The Morgan fingerprint density at radius 3 is 2.18 bits per heavy atom. The van der Waals surface area contributed by atoms with Gasteiger partial charge in [-0.25, -0.2) is 0 Å². The van der Waals surface area contributed by atoms with Gasteiger partial charge in [-0.2, -0.15) is 0 Å². The Labute approximate surface area is 69.4 Å². The molecule has 0 aliphatic heterocycles. The lowest BCUT2D eigenvalue weighted by Gasteiger charge is -2.18. The Bertz CT molecular complexity index is 136. The monoisotopic (exact) mass is 154 g/mol. The van der Waals surface area contributed by atoms with E-state index in [-0.39, 0.29) is 12.0 Å². The largest absolute Gasteiger partial charge is 0.392 e. The number of aliphatic hydroxyl groups is 1. The van der Waals surface area contributed by atoms with E-state index < -0.39 is 0 Å². The number of hydrogen-bond donors (Lipinski definition) is 1. The molecule has 0 aromatic carbocycles. The maximum absolute atomic E-state index is 9.54. The third kappa shape index (κ3) is 3.99. The number of allylic oxidation sites excluding steroid dienone is 2. The van der Waals surface area contributed by atoms with Gasteiger partial charge in [0, 0.05) is 5.92 Å². The van der Waals surface area contributed by atoms with E-state index in [4.69, 9.17) is 0 Å². The van der Waals surface area contributed by atoms with E-state index in [0.29, 0.717) is 5.92 Å². The van der Waals surface area contributed by atoms with Crippen molar-refractivity contribution in [2.24, 2.45) is 11.8 Å². The van der Waals surface area contributed by atoms with Crippen molar-refractivity contribution in [1.29, 1.82) is 0 Å². The molecule has 2 atom stereocenters. The second-order valence-corrected chi connectivity index (χ2v) is 3.21. The molecule has 0 saturated carbocycles. The molecule has 0 radical (unpaired) electrons. The van der Waals surface area contributed by atoms with Crippen LogP contribution in [0.2, 0.25) is 0 Å². The summed E-state index contributed by atoms with van der Waals surface area (Å²) in [5, 5.41) is 9.54. The van der Waals surface area contributed by atoms with Crippen LogP contribution in [0.4, 0.5) is 0 Å². The normalized spacial score (nSPS) is 17.2. The number of hydrogen-bond acceptors (Lipinski definition) is 1. The summed E-state index contributed by atoms with van der Waals surface area (Å²) >= 11 is 0. The van der Waals surface area contributed by atoms with E-state index in [9.17, 15) is 5.11 Å². The van der Waals surface area contributed by atoms with Gasteiger partial charge in [0.1, 0.15) is 0 Å². The molecular weight excluding hydrogens is 136 g/mol. The summed E-state index contributed by atoms with van der Waals surface area (Å²) in [6, 6.07) is 0. The Kier molecular flexibility index (Phi) is 4.88. The minimum Gasteiger partial charge on any atom is -0.392 e. The van der Waals surface area contributed by atoms with Crippen molar-refractivity contribution in [3.05, 3.63) is 24.8 Å². The molecule has 0 unspecified atom stereocenters. The summed E-state index contributed by atoms with van der Waals surface area (Å²) in [6.07, 6.45) is 5.32. The van der Waals surface area contributed by atoms with E-state index in [1.54, 1.807) is 6.08 Å². The first-order valence-corrected chi connectivity index (χ1v) is 4.07. The van der Waals surface area contributed by atoms with E-state index in [1.165, 1.54) is 0 Å². The zero-order chi connectivity index (χ0) is 8.85. The second kappa shape index (κ2) is 5.14. The van der Waals surface area contributed by atoms with Crippen LogP contribution < -0.4 is 0 Å². The molecule has 11 heavy (non-hydrogen) atoms. The molecule has 0 aliphatic carbocycles. The van der Waals surface area contributed by atoms with Gasteiger partial charge in [0.15, 0.2) is 0 Å². The lowest BCUT2D eigenvalue weighted by Crippen LogP contribution is -2.21. The van der Waals surface area contributed by atoms with Gasteiger partial charge in [0.2, 0.25) is 0 Å². The summed E-state index contributed by atoms with van der Waals surface area (Å²) in [5.41, 5.74) is 0. The zero-order valence-electron chi connectivity index (χ0n) is 7.62. The van der Waals surface area contributed by atoms with E-state index >= 15 is 0 Å². The van der Waals surface area contributed by atoms with Crippen LogP contribution in [0.3, 0.4) is 0 Å². The zero-order valence-corrected chi connectivity index (χ0v) is 7.62. The van der Waals surface area contributed by atoms with E-state index in [0.717, 1.165) is 0 Å². The first-order chi connectivity index (χ1) is 5.09. The van der Waals surface area contributed by atoms with Gasteiger partial charge in [0.25, 0.3) is 0 Å². The van der Waals surface area contributed by atoms with Crippen LogP contribution in [-0.2, 0) is 0 Å². The highest BCUT2D eigenvalue weighted by Crippen LogP contribution is 2.13. The minimum atomic E-state index is -0.244. The molecule has 0 bridgehead atoms. The van der Waals surface area contributed by atoms with Crippen molar-refractivity contribution < 1.29 is 5.11 Å². The molecular formula is C10H18O. The predicted molar refractivity (Wildman–Crippen MR) is 49.3 cm³/mol. The molecule has 0 amide bonds. The maximum atomic E-state index is 9.54. The van der Waals surface area contributed by atoms with Crippen molar-refractivity contribution in [2.45, 2.75) is 26.9 Å². The molecule has 64 valence electrons. The van der Waals surface area contributed by atoms with Crippen LogP contribution in [0.5, 0.6) is 0 Å². The first-order valence-electron chi connectivity index (χ1n) is 4.07. The molecule has 1 heteroatoms. The van der Waals surface area contributed by atoms with Gasteiger partial charge in [0.05, 0.1) is 6.10 Å². The van der Waals surface area contributed by atoms with Gasteiger partial charge < -0.3 is 5.11 Å². The summed E-state index contributed by atoms with van der Waals surface area (Å²) in [5.74, 6) is 0.535. The highest BCUT2D eigenvalue weighted by Gasteiger charge is 2.14. The maximum Gasteiger partial charge on any atom is 0.0623 e. The highest BCUT2D eigenvalue weighted by atomic mass is 16.3. The van der Waals surface area contributed by atoms with Gasteiger partial charge in [-0.15, -0.1) is 0 Å². The first kappa shape index (κ1) is 10.4. The van der Waals surface area contributed by atoms with Crippen molar-refractivity contribution in [1.82, 2.24) is 0 Å². The van der Waals surface area contributed by atoms with Gasteiger partial charge >= 0.3 is 0 Å². The fraction of sp³-hybridized carbons (Fsp3) is 0.600. The fourth-order valence-electron chi connectivity index (χ4n) is 0.975. The molecule has 0 aromatic heterocycles. The van der Waals surface area contributed by atoms with Crippen LogP contribution in [0.15, 0.2) is 24.8 Å². The highest BCUT2D eigenvalue weighted by molar-refractivity contribution is 5.00. The topological polar surface area (TPSA) is 20.2 Å². The molecule has 0 aliphatic rings. The quantitative estimate of drug-likeness (QED) is 0.616. The van der Waals surface area contributed by atoms with Gasteiger partial charge in [-0.05, 0) is 5.92 Å².